The fourth-order valence-electron chi connectivity index (χ4n) is 0.263. The summed E-state index contributed by atoms with van der Waals surface area (Å²) in [6.07, 6.45) is 2.41. The Hall–Kier alpha value is -0.240. The monoisotopic (exact) mass is 135 g/mol. The topological polar surface area (TPSA) is 21.6 Å². The van der Waals surface area contributed by atoms with Gasteiger partial charge in [-0.3, -0.25) is 0 Å². The maximum atomic E-state index is 5.57. The molecule has 0 N–H and O–H groups in total. The second-order valence-electron chi connectivity index (χ2n) is 1.49. The van der Waals surface area contributed by atoms with E-state index in [2.05, 4.69) is 9.99 Å². The molecule has 0 aliphatic rings. The molecule has 48 valence electrons. The Bertz CT molecular complexity index is 72.8. The molecule has 0 heterocycles. The van der Waals surface area contributed by atoms with Crippen LogP contribution in [0.2, 0.25) is 0 Å². The van der Waals surface area contributed by atoms with Crippen LogP contribution in [0.25, 0.3) is 0 Å². The van der Waals surface area contributed by atoms with Crippen molar-refractivity contribution in [3.63, 3.8) is 0 Å². The Balaban J connectivity index is 3.03. The highest BCUT2D eigenvalue weighted by Crippen LogP contribution is 1.95. The molecule has 2 nitrogen and oxygen atoms in total. The number of alkyl halides is 1. The standard InChI is InChI=1S/C5H10ClNO/c1-5(6)3-4-7-8-2/h4-5H,3H2,1-2H3/b7-4+. The molecule has 0 aromatic carbocycles. The summed E-state index contributed by atoms with van der Waals surface area (Å²) in [5, 5.41) is 3.65. The second-order valence-corrected chi connectivity index (χ2v) is 2.23. The Morgan fingerprint density at radius 2 is 2.50 bits per heavy atom. The van der Waals surface area contributed by atoms with Gasteiger partial charge < -0.3 is 4.84 Å². The van der Waals surface area contributed by atoms with Crippen LogP contribution < -0.4 is 0 Å². The first-order valence-corrected chi connectivity index (χ1v) is 2.90. The van der Waals surface area contributed by atoms with Crippen LogP contribution in [0.15, 0.2) is 5.16 Å². The first-order valence-electron chi connectivity index (χ1n) is 2.46. The van der Waals surface area contributed by atoms with Gasteiger partial charge in [-0.25, -0.2) is 0 Å². The third kappa shape index (κ3) is 5.76. The molecular formula is C5H10ClNO. The van der Waals surface area contributed by atoms with E-state index >= 15 is 0 Å². The summed E-state index contributed by atoms with van der Waals surface area (Å²) in [7, 11) is 1.51. The Labute approximate surface area is 54.5 Å². The lowest BCUT2D eigenvalue weighted by Gasteiger charge is -1.91. The maximum absolute atomic E-state index is 5.57. The summed E-state index contributed by atoms with van der Waals surface area (Å²) >= 11 is 5.57. The lowest BCUT2D eigenvalue weighted by molar-refractivity contribution is 0.214. The van der Waals surface area contributed by atoms with E-state index in [1.807, 2.05) is 6.92 Å². The lowest BCUT2D eigenvalue weighted by Crippen LogP contribution is -1.90. The fraction of sp³-hybridized carbons (Fsp3) is 0.800. The van der Waals surface area contributed by atoms with Gasteiger partial charge in [0, 0.05) is 18.0 Å². The summed E-state index contributed by atoms with van der Waals surface area (Å²) in [6, 6.07) is 0. The predicted octanol–water partition coefficient (Wildman–Crippen LogP) is 1.64. The third-order valence-electron chi connectivity index (χ3n) is 0.610. The molecule has 0 saturated heterocycles. The van der Waals surface area contributed by atoms with Gasteiger partial charge in [0.05, 0.1) is 0 Å². The minimum atomic E-state index is 0.147. The van der Waals surface area contributed by atoms with Gasteiger partial charge in [-0.1, -0.05) is 5.16 Å². The zero-order valence-electron chi connectivity index (χ0n) is 5.10. The van der Waals surface area contributed by atoms with E-state index in [1.165, 1.54) is 7.11 Å². The van der Waals surface area contributed by atoms with Gasteiger partial charge in [-0.15, -0.1) is 11.6 Å². The quantitative estimate of drug-likeness (QED) is 0.328. The van der Waals surface area contributed by atoms with Crippen molar-refractivity contribution in [2.24, 2.45) is 5.16 Å². The van der Waals surface area contributed by atoms with Crippen molar-refractivity contribution in [1.82, 2.24) is 0 Å². The Morgan fingerprint density at radius 1 is 1.88 bits per heavy atom. The molecule has 0 radical (unpaired) electrons. The van der Waals surface area contributed by atoms with Crippen LogP contribution in [0.4, 0.5) is 0 Å². The van der Waals surface area contributed by atoms with Crippen molar-refractivity contribution in [2.75, 3.05) is 7.11 Å². The minimum Gasteiger partial charge on any atom is -0.399 e. The van der Waals surface area contributed by atoms with Crippen molar-refractivity contribution < 1.29 is 4.84 Å². The van der Waals surface area contributed by atoms with Gasteiger partial charge in [-0.05, 0) is 6.92 Å². The van der Waals surface area contributed by atoms with Crippen molar-refractivity contribution in [2.45, 2.75) is 18.7 Å². The molecule has 1 atom stereocenters. The van der Waals surface area contributed by atoms with Crippen molar-refractivity contribution in [1.29, 1.82) is 0 Å². The number of halogens is 1. The molecule has 1 unspecified atom stereocenters. The highest BCUT2D eigenvalue weighted by Gasteiger charge is 1.89. The van der Waals surface area contributed by atoms with Crippen LogP contribution in [0, 0.1) is 0 Å². The highest BCUT2D eigenvalue weighted by atomic mass is 35.5. The van der Waals surface area contributed by atoms with Gasteiger partial charge in [0.25, 0.3) is 0 Å². The normalized spacial score (nSPS) is 14.4. The molecule has 0 amide bonds. The molecule has 0 aromatic rings. The summed E-state index contributed by atoms with van der Waals surface area (Å²) in [5.41, 5.74) is 0. The van der Waals surface area contributed by atoms with E-state index in [0.717, 1.165) is 6.42 Å². The summed E-state index contributed by atoms with van der Waals surface area (Å²) < 4.78 is 0. The van der Waals surface area contributed by atoms with Crippen LogP contribution in [-0.4, -0.2) is 18.7 Å². The van der Waals surface area contributed by atoms with Gasteiger partial charge in [0.2, 0.25) is 0 Å². The summed E-state index contributed by atoms with van der Waals surface area (Å²) in [5.74, 6) is 0. The minimum absolute atomic E-state index is 0.147. The van der Waals surface area contributed by atoms with E-state index in [-0.39, 0.29) is 5.38 Å². The number of oxime groups is 1. The van der Waals surface area contributed by atoms with Gasteiger partial charge >= 0.3 is 0 Å². The van der Waals surface area contributed by atoms with Gasteiger partial charge in [-0.2, -0.15) is 0 Å². The SMILES string of the molecule is CO/N=C/CC(C)Cl. The van der Waals surface area contributed by atoms with Crippen molar-refractivity contribution in [3.8, 4) is 0 Å². The van der Waals surface area contributed by atoms with Crippen LogP contribution in [0.1, 0.15) is 13.3 Å². The smallest absolute Gasteiger partial charge is 0.106 e. The third-order valence-corrected chi connectivity index (χ3v) is 0.788. The Kier molecular flexibility index (Phi) is 4.76. The molecular weight excluding hydrogens is 126 g/mol. The molecule has 8 heavy (non-hydrogen) atoms. The Morgan fingerprint density at radius 3 is 2.88 bits per heavy atom. The van der Waals surface area contributed by atoms with Crippen LogP contribution in [-0.2, 0) is 4.84 Å². The van der Waals surface area contributed by atoms with E-state index in [0.29, 0.717) is 0 Å². The molecule has 3 heteroatoms. The molecule has 0 saturated carbocycles. The zero-order chi connectivity index (χ0) is 6.41. The summed E-state index contributed by atoms with van der Waals surface area (Å²) in [4.78, 5) is 4.40. The van der Waals surface area contributed by atoms with Crippen LogP contribution in [0.3, 0.4) is 0 Å². The fourth-order valence-corrected chi connectivity index (χ4v) is 0.343. The first-order chi connectivity index (χ1) is 3.77. The van der Waals surface area contributed by atoms with Crippen molar-refractivity contribution >= 4 is 17.8 Å². The van der Waals surface area contributed by atoms with Gasteiger partial charge in [0.1, 0.15) is 7.11 Å². The highest BCUT2D eigenvalue weighted by molar-refractivity contribution is 6.21. The van der Waals surface area contributed by atoms with Gasteiger partial charge in [0.15, 0.2) is 0 Å². The zero-order valence-corrected chi connectivity index (χ0v) is 5.85. The predicted molar refractivity (Wildman–Crippen MR) is 35.4 cm³/mol. The number of rotatable bonds is 3. The molecule has 0 fully saturated rings. The van der Waals surface area contributed by atoms with E-state index in [9.17, 15) is 0 Å². The van der Waals surface area contributed by atoms with E-state index in [1.54, 1.807) is 6.21 Å². The molecule has 0 bridgehead atoms. The van der Waals surface area contributed by atoms with Crippen molar-refractivity contribution in [3.05, 3.63) is 0 Å². The van der Waals surface area contributed by atoms with Crippen LogP contribution in [0.5, 0.6) is 0 Å². The molecule has 0 aliphatic heterocycles. The molecule has 0 spiro atoms. The largest absolute Gasteiger partial charge is 0.399 e. The molecule has 0 aliphatic carbocycles. The van der Waals surface area contributed by atoms with Crippen LogP contribution >= 0.6 is 11.6 Å². The average Bonchev–Trinajstić information content (AvgIpc) is 1.66. The average molecular weight is 136 g/mol. The maximum Gasteiger partial charge on any atom is 0.106 e. The van der Waals surface area contributed by atoms with E-state index in [4.69, 9.17) is 11.6 Å². The lowest BCUT2D eigenvalue weighted by atomic mass is 10.4. The first kappa shape index (κ1) is 7.76. The van der Waals surface area contributed by atoms with E-state index < -0.39 is 0 Å². The number of nitrogens with zero attached hydrogens (tertiary/aromatic N) is 1. The summed E-state index contributed by atoms with van der Waals surface area (Å²) in [6.45, 7) is 1.91. The molecule has 0 rings (SSSR count). The molecule has 0 aromatic heterocycles. The second kappa shape index (κ2) is 4.91. The number of hydrogen-bond donors (Lipinski definition) is 0. The number of hydrogen-bond acceptors (Lipinski definition) is 2.